The Morgan fingerprint density at radius 2 is 2.05 bits per heavy atom. The fourth-order valence-electron chi connectivity index (χ4n) is 2.41. The average Bonchev–Trinajstić information content (AvgIpc) is 2.94. The van der Waals surface area contributed by atoms with Crippen LogP contribution in [0.25, 0.3) is 0 Å². The summed E-state index contributed by atoms with van der Waals surface area (Å²) in [6.07, 6.45) is 1.89. The zero-order valence-electron chi connectivity index (χ0n) is 11.3. The highest BCUT2D eigenvalue weighted by atomic mass is 79.9. The van der Waals surface area contributed by atoms with Gasteiger partial charge in [0.1, 0.15) is 12.4 Å². The molecular formula is C15H18BrNO3. The first kappa shape index (κ1) is 15.0. The average molecular weight is 340 g/mol. The van der Waals surface area contributed by atoms with Crippen LogP contribution >= 0.6 is 15.9 Å². The molecule has 1 aromatic rings. The summed E-state index contributed by atoms with van der Waals surface area (Å²) in [4.78, 5) is 25.3. The topological polar surface area (TPSA) is 46.6 Å². The number of carbonyl (C=O) groups excluding carboxylic acids is 2. The first-order valence-electron chi connectivity index (χ1n) is 6.75. The van der Waals surface area contributed by atoms with Gasteiger partial charge in [-0.2, -0.15) is 0 Å². The molecule has 1 fully saturated rings. The lowest BCUT2D eigenvalue weighted by molar-refractivity contribution is -0.117. The Kier molecular flexibility index (Phi) is 5.59. The van der Waals surface area contributed by atoms with Crippen LogP contribution in [0.15, 0.2) is 30.3 Å². The number of nitrogens with zero attached hydrogens (tertiary/aromatic N) is 1. The highest BCUT2D eigenvalue weighted by molar-refractivity contribution is 9.09. The molecule has 0 aliphatic carbocycles. The number of halogens is 1. The van der Waals surface area contributed by atoms with E-state index in [9.17, 15) is 9.59 Å². The van der Waals surface area contributed by atoms with Crippen LogP contribution in [0.1, 0.15) is 24.8 Å². The van der Waals surface area contributed by atoms with Crippen molar-refractivity contribution in [2.75, 3.05) is 11.9 Å². The molecule has 1 unspecified atom stereocenters. The van der Waals surface area contributed by atoms with Crippen molar-refractivity contribution in [1.29, 1.82) is 0 Å². The van der Waals surface area contributed by atoms with E-state index in [1.165, 1.54) is 0 Å². The zero-order chi connectivity index (χ0) is 14.4. The van der Waals surface area contributed by atoms with Crippen molar-refractivity contribution in [3.05, 3.63) is 35.9 Å². The van der Waals surface area contributed by atoms with Crippen LogP contribution in [-0.4, -0.2) is 34.7 Å². The SMILES string of the molecule is O=C(CBr)CC1CCCN1C(=O)OCc1ccccc1. The second-order valence-corrected chi connectivity index (χ2v) is 5.47. The first-order chi connectivity index (χ1) is 9.70. The number of Topliss-reactive ketones (excluding diaryl/α,β-unsaturated/α-hetero) is 1. The van der Waals surface area contributed by atoms with Crippen molar-refractivity contribution in [3.8, 4) is 0 Å². The fraction of sp³-hybridized carbons (Fsp3) is 0.467. The minimum absolute atomic E-state index is 0.0108. The molecule has 1 aromatic carbocycles. The Labute approximate surface area is 127 Å². The van der Waals surface area contributed by atoms with E-state index in [2.05, 4.69) is 15.9 Å². The maximum absolute atomic E-state index is 12.1. The predicted molar refractivity (Wildman–Crippen MR) is 79.8 cm³/mol. The van der Waals surface area contributed by atoms with Crippen molar-refractivity contribution in [2.45, 2.75) is 31.9 Å². The van der Waals surface area contributed by atoms with Gasteiger partial charge in [-0.3, -0.25) is 4.79 Å². The lowest BCUT2D eigenvalue weighted by atomic mass is 10.1. The van der Waals surface area contributed by atoms with Crippen LogP contribution < -0.4 is 0 Å². The van der Waals surface area contributed by atoms with Gasteiger partial charge in [0.15, 0.2) is 0 Å². The lowest BCUT2D eigenvalue weighted by Crippen LogP contribution is -2.37. The van der Waals surface area contributed by atoms with Gasteiger partial charge in [-0.15, -0.1) is 0 Å². The van der Waals surface area contributed by atoms with Crippen molar-refractivity contribution < 1.29 is 14.3 Å². The van der Waals surface area contributed by atoms with Gasteiger partial charge in [0.2, 0.25) is 0 Å². The molecule has 20 heavy (non-hydrogen) atoms. The monoisotopic (exact) mass is 339 g/mol. The van der Waals surface area contributed by atoms with Crippen molar-refractivity contribution in [1.82, 2.24) is 4.90 Å². The quantitative estimate of drug-likeness (QED) is 0.774. The minimum atomic E-state index is -0.321. The Morgan fingerprint density at radius 3 is 2.75 bits per heavy atom. The molecule has 0 N–H and O–H groups in total. The van der Waals surface area contributed by atoms with E-state index in [4.69, 9.17) is 4.74 Å². The lowest BCUT2D eigenvalue weighted by Gasteiger charge is -2.23. The van der Waals surface area contributed by atoms with Gasteiger partial charge in [0.25, 0.3) is 0 Å². The smallest absolute Gasteiger partial charge is 0.410 e. The molecular weight excluding hydrogens is 322 g/mol. The molecule has 0 radical (unpaired) electrons. The standard InChI is InChI=1S/C15H18BrNO3/c16-10-14(18)9-13-7-4-8-17(13)15(19)20-11-12-5-2-1-3-6-12/h1-3,5-6,13H,4,7-11H2. The molecule has 1 amide bonds. The summed E-state index contributed by atoms with van der Waals surface area (Å²) in [5, 5.41) is 0.344. The van der Waals surface area contributed by atoms with Crippen molar-refractivity contribution >= 4 is 27.8 Å². The molecule has 1 saturated heterocycles. The summed E-state index contributed by atoms with van der Waals surface area (Å²) in [5.41, 5.74) is 0.966. The van der Waals surface area contributed by atoms with Crippen LogP contribution in [0.3, 0.4) is 0 Å². The summed E-state index contributed by atoms with van der Waals surface area (Å²) in [6.45, 7) is 0.948. The number of carbonyl (C=O) groups is 2. The third kappa shape index (κ3) is 4.07. The van der Waals surface area contributed by atoms with Gasteiger partial charge in [-0.05, 0) is 18.4 Å². The number of hydrogen-bond donors (Lipinski definition) is 0. The Morgan fingerprint density at radius 1 is 1.30 bits per heavy atom. The highest BCUT2D eigenvalue weighted by Crippen LogP contribution is 2.22. The number of ketones is 1. The number of benzene rings is 1. The van der Waals surface area contributed by atoms with Crippen molar-refractivity contribution in [3.63, 3.8) is 0 Å². The third-order valence-electron chi connectivity index (χ3n) is 3.43. The van der Waals surface area contributed by atoms with Gasteiger partial charge in [-0.25, -0.2) is 4.79 Å². The molecule has 0 saturated carbocycles. The minimum Gasteiger partial charge on any atom is -0.445 e. The first-order valence-corrected chi connectivity index (χ1v) is 7.88. The van der Waals surface area contributed by atoms with Crippen LogP contribution in [-0.2, 0) is 16.1 Å². The van der Waals surface area contributed by atoms with Gasteiger partial charge < -0.3 is 9.64 Å². The molecule has 0 bridgehead atoms. The van der Waals surface area contributed by atoms with Crippen LogP contribution in [0.2, 0.25) is 0 Å². The Balaban J connectivity index is 1.86. The largest absolute Gasteiger partial charge is 0.445 e. The van der Waals surface area contributed by atoms with E-state index in [-0.39, 0.29) is 24.5 Å². The second-order valence-electron chi connectivity index (χ2n) is 4.91. The van der Waals surface area contributed by atoms with Crippen LogP contribution in [0.4, 0.5) is 4.79 Å². The number of hydrogen-bond acceptors (Lipinski definition) is 3. The molecule has 4 nitrogen and oxygen atoms in total. The maximum Gasteiger partial charge on any atom is 0.410 e. The Bertz CT molecular complexity index is 463. The zero-order valence-corrected chi connectivity index (χ0v) is 12.8. The molecule has 1 aliphatic heterocycles. The van der Waals surface area contributed by atoms with Crippen LogP contribution in [0.5, 0.6) is 0 Å². The van der Waals surface area contributed by atoms with Gasteiger partial charge in [-0.1, -0.05) is 46.3 Å². The molecule has 1 aliphatic rings. The molecule has 0 aromatic heterocycles. The summed E-state index contributed by atoms with van der Waals surface area (Å²) >= 11 is 3.16. The van der Waals surface area contributed by atoms with E-state index in [1.54, 1.807) is 4.90 Å². The van der Waals surface area contributed by atoms with E-state index < -0.39 is 0 Å². The summed E-state index contributed by atoms with van der Waals surface area (Å²) in [7, 11) is 0. The van der Waals surface area contributed by atoms with E-state index in [0.717, 1.165) is 18.4 Å². The second kappa shape index (κ2) is 7.43. The van der Waals surface area contributed by atoms with E-state index in [1.807, 2.05) is 30.3 Å². The number of likely N-dealkylation sites (tertiary alicyclic amines) is 1. The molecule has 1 heterocycles. The third-order valence-corrected chi connectivity index (χ3v) is 4.05. The van der Waals surface area contributed by atoms with Crippen LogP contribution in [0, 0.1) is 0 Å². The van der Waals surface area contributed by atoms with Gasteiger partial charge in [0, 0.05) is 19.0 Å². The van der Waals surface area contributed by atoms with E-state index in [0.29, 0.717) is 18.3 Å². The molecule has 1 atom stereocenters. The molecule has 2 rings (SSSR count). The number of alkyl halides is 1. The fourth-order valence-corrected chi connectivity index (χ4v) is 2.64. The maximum atomic E-state index is 12.1. The normalized spacial score (nSPS) is 18.1. The van der Waals surface area contributed by atoms with Crippen molar-refractivity contribution in [2.24, 2.45) is 0 Å². The molecule has 108 valence electrons. The summed E-state index contributed by atoms with van der Waals surface area (Å²) in [6, 6.07) is 9.58. The highest BCUT2D eigenvalue weighted by Gasteiger charge is 2.31. The van der Waals surface area contributed by atoms with Gasteiger partial charge >= 0.3 is 6.09 Å². The Hall–Kier alpha value is -1.36. The molecule has 0 spiro atoms. The number of rotatable bonds is 5. The predicted octanol–water partition coefficient (Wildman–Crippen LogP) is 3.14. The number of amides is 1. The number of ether oxygens (including phenoxy) is 1. The summed E-state index contributed by atoms with van der Waals surface area (Å²) < 4.78 is 5.32. The van der Waals surface area contributed by atoms with E-state index >= 15 is 0 Å². The summed E-state index contributed by atoms with van der Waals surface area (Å²) in [5.74, 6) is 0.123. The molecule has 5 heteroatoms. The van der Waals surface area contributed by atoms with Gasteiger partial charge in [0.05, 0.1) is 5.33 Å².